The van der Waals surface area contributed by atoms with Gasteiger partial charge in [0, 0.05) is 10.8 Å². The van der Waals surface area contributed by atoms with E-state index in [0.29, 0.717) is 0 Å². The van der Waals surface area contributed by atoms with E-state index >= 15 is 0 Å². The lowest BCUT2D eigenvalue weighted by molar-refractivity contribution is 0.534. The Balaban J connectivity index is 1.48. The molecule has 156 valence electrons. The molecule has 0 N–H and O–H groups in total. The van der Waals surface area contributed by atoms with Crippen LogP contribution < -0.4 is 10.4 Å². The number of fused-ring (bicyclic) bond motifs is 2. The van der Waals surface area contributed by atoms with E-state index < -0.39 is 0 Å². The maximum Gasteiger partial charge on any atom is 0.0936 e. The zero-order chi connectivity index (χ0) is 22.0. The Hall–Kier alpha value is -3.92. The largest absolute Gasteiger partial charge is 0.151 e. The van der Waals surface area contributed by atoms with Crippen LogP contribution in [-0.4, -0.2) is 0 Å². The minimum absolute atomic E-state index is 0.203. The molecule has 0 atom stereocenters. The van der Waals surface area contributed by atoms with E-state index in [1.54, 1.807) is 0 Å². The molecular weight excluding hydrogens is 392 g/mol. The first-order chi connectivity index (χ1) is 15.6. The highest BCUT2D eigenvalue weighted by Gasteiger charge is 2.15. The van der Waals surface area contributed by atoms with Gasteiger partial charge in [0.05, 0.1) is 22.7 Å². The van der Waals surface area contributed by atoms with Gasteiger partial charge in [-0.2, -0.15) is 10.2 Å². The second kappa shape index (κ2) is 8.31. The van der Waals surface area contributed by atoms with Gasteiger partial charge in [-0.25, -0.2) is 0 Å². The number of azo groups is 2. The number of benzene rings is 4. The Morgan fingerprint density at radius 2 is 1.22 bits per heavy atom. The molecule has 0 spiro atoms. The predicted octanol–water partition coefficient (Wildman–Crippen LogP) is 7.66. The molecule has 0 saturated carbocycles. The van der Waals surface area contributed by atoms with E-state index in [9.17, 15) is 0 Å². The van der Waals surface area contributed by atoms with Gasteiger partial charge in [-0.3, -0.25) is 0 Å². The molecule has 0 amide bonds. The highest BCUT2D eigenvalue weighted by molar-refractivity contribution is 5.99. The Labute approximate surface area is 187 Å². The lowest BCUT2D eigenvalue weighted by Gasteiger charge is -2.20. The first-order valence-electron chi connectivity index (χ1n) is 10.8. The van der Waals surface area contributed by atoms with Crippen molar-refractivity contribution < 1.29 is 0 Å². The van der Waals surface area contributed by atoms with Gasteiger partial charge in [0.1, 0.15) is 0 Å². The van der Waals surface area contributed by atoms with Crippen molar-refractivity contribution in [3.8, 4) is 0 Å². The molecule has 4 aromatic rings. The molecule has 0 saturated heterocycles. The number of hydrogen-bond donors (Lipinski definition) is 0. The molecule has 32 heavy (non-hydrogen) atoms. The Morgan fingerprint density at radius 3 is 1.91 bits per heavy atom. The minimum atomic E-state index is 0.203. The summed E-state index contributed by atoms with van der Waals surface area (Å²) < 4.78 is 0. The first-order valence-corrected chi connectivity index (χ1v) is 10.8. The Morgan fingerprint density at radius 1 is 0.594 bits per heavy atom. The average molecular weight is 417 g/mol. The monoisotopic (exact) mass is 416 g/mol. The van der Waals surface area contributed by atoms with E-state index in [1.165, 1.54) is 10.4 Å². The van der Waals surface area contributed by atoms with Gasteiger partial charge in [-0.1, -0.05) is 74.5 Å². The quantitative estimate of drug-likeness (QED) is 0.307. The second-order valence-corrected chi connectivity index (χ2v) is 8.74. The number of nitrogens with zero attached hydrogens (tertiary/aromatic N) is 4. The summed E-state index contributed by atoms with van der Waals surface area (Å²) in [5.74, 6) is 0. The van der Waals surface area contributed by atoms with Crippen molar-refractivity contribution in [2.45, 2.75) is 20.3 Å². The molecule has 0 unspecified atom stereocenters. The summed E-state index contributed by atoms with van der Waals surface area (Å²) in [5, 5.41) is 22.4. The van der Waals surface area contributed by atoms with Crippen molar-refractivity contribution in [3.05, 3.63) is 95.4 Å². The highest BCUT2D eigenvalue weighted by atomic mass is 15.1. The molecule has 4 nitrogen and oxygen atoms in total. The van der Waals surface area contributed by atoms with Crippen molar-refractivity contribution in [2.75, 3.05) is 0 Å². The fourth-order valence-electron chi connectivity index (χ4n) is 3.94. The van der Waals surface area contributed by atoms with Crippen LogP contribution in [0, 0.1) is 5.41 Å². The molecule has 1 aliphatic rings. The third-order valence-corrected chi connectivity index (χ3v) is 5.65. The van der Waals surface area contributed by atoms with Crippen LogP contribution in [0.25, 0.3) is 22.9 Å². The highest BCUT2D eigenvalue weighted by Crippen LogP contribution is 2.35. The molecule has 1 aliphatic carbocycles. The molecule has 4 aromatic carbocycles. The summed E-state index contributed by atoms with van der Waals surface area (Å²) in [7, 11) is 0. The topological polar surface area (TPSA) is 49.4 Å². The SMILES string of the molecule is CC1(C)C=c2ccc(N=Nc3ccc(N=Nc4ccccc4)c4ccccc34)cc2=CC1. The van der Waals surface area contributed by atoms with Crippen LogP contribution in [0.5, 0.6) is 0 Å². The third kappa shape index (κ3) is 4.26. The van der Waals surface area contributed by atoms with Gasteiger partial charge < -0.3 is 0 Å². The Bertz CT molecular complexity index is 1460. The molecule has 0 aromatic heterocycles. The molecular formula is C28H24N4. The summed E-state index contributed by atoms with van der Waals surface area (Å²) >= 11 is 0. The predicted molar refractivity (Wildman–Crippen MR) is 132 cm³/mol. The van der Waals surface area contributed by atoms with Crippen LogP contribution >= 0.6 is 0 Å². The summed E-state index contributed by atoms with van der Waals surface area (Å²) in [6.07, 6.45) is 5.65. The van der Waals surface area contributed by atoms with Crippen molar-refractivity contribution in [1.82, 2.24) is 0 Å². The van der Waals surface area contributed by atoms with Crippen molar-refractivity contribution in [3.63, 3.8) is 0 Å². The third-order valence-electron chi connectivity index (χ3n) is 5.65. The first kappa shape index (κ1) is 20.0. The van der Waals surface area contributed by atoms with Crippen LogP contribution in [0.2, 0.25) is 0 Å². The number of rotatable bonds is 4. The standard InChI is InChI=1S/C28H24N4/c1-28(2)17-16-20-18-23(13-12-21(20)19-28)30-32-27-15-14-26(24-10-6-7-11-25(24)27)31-29-22-8-4-3-5-9-22/h3-16,18-19H,17H2,1-2H3. The second-order valence-electron chi connectivity index (χ2n) is 8.74. The summed E-state index contributed by atoms with van der Waals surface area (Å²) in [6.45, 7) is 4.52. The van der Waals surface area contributed by atoms with Gasteiger partial charge >= 0.3 is 0 Å². The molecule has 0 fully saturated rings. The Kier molecular flexibility index (Phi) is 5.20. The zero-order valence-corrected chi connectivity index (χ0v) is 18.2. The fourth-order valence-corrected chi connectivity index (χ4v) is 3.94. The van der Waals surface area contributed by atoms with Crippen LogP contribution in [-0.2, 0) is 0 Å². The van der Waals surface area contributed by atoms with Gasteiger partial charge in [0.15, 0.2) is 0 Å². The minimum Gasteiger partial charge on any atom is -0.151 e. The number of hydrogen-bond acceptors (Lipinski definition) is 4. The van der Waals surface area contributed by atoms with Crippen molar-refractivity contribution in [2.24, 2.45) is 25.9 Å². The summed E-state index contributed by atoms with van der Waals surface area (Å²) in [5.41, 5.74) is 3.50. The smallest absolute Gasteiger partial charge is 0.0936 e. The maximum absolute atomic E-state index is 4.57. The van der Waals surface area contributed by atoms with E-state index in [1.807, 2.05) is 72.8 Å². The summed E-state index contributed by atoms with van der Waals surface area (Å²) in [6, 6.07) is 28.0. The zero-order valence-electron chi connectivity index (χ0n) is 18.2. The van der Waals surface area contributed by atoms with Gasteiger partial charge in [0.25, 0.3) is 0 Å². The van der Waals surface area contributed by atoms with Gasteiger partial charge in [-0.05, 0) is 58.7 Å². The lowest BCUT2D eigenvalue weighted by Crippen LogP contribution is -2.31. The van der Waals surface area contributed by atoms with Crippen molar-refractivity contribution >= 4 is 45.7 Å². The molecule has 4 heteroatoms. The van der Waals surface area contributed by atoms with Crippen LogP contribution in [0.4, 0.5) is 22.7 Å². The van der Waals surface area contributed by atoms with E-state index in [4.69, 9.17) is 0 Å². The van der Waals surface area contributed by atoms with Crippen molar-refractivity contribution in [1.29, 1.82) is 0 Å². The molecule has 0 radical (unpaired) electrons. The van der Waals surface area contributed by atoms with E-state index in [0.717, 1.165) is 39.9 Å². The molecule has 5 rings (SSSR count). The van der Waals surface area contributed by atoms with Gasteiger partial charge in [-0.15, -0.1) is 10.2 Å². The average Bonchev–Trinajstić information content (AvgIpc) is 2.82. The molecule has 0 heterocycles. The van der Waals surface area contributed by atoms with E-state index in [2.05, 4.69) is 58.6 Å². The lowest BCUT2D eigenvalue weighted by atomic mass is 9.84. The normalized spacial score (nSPS) is 14.9. The summed E-state index contributed by atoms with van der Waals surface area (Å²) in [4.78, 5) is 0. The van der Waals surface area contributed by atoms with Crippen LogP contribution in [0.15, 0.2) is 105 Å². The maximum atomic E-state index is 4.57. The molecule has 0 aliphatic heterocycles. The molecule has 0 bridgehead atoms. The van der Waals surface area contributed by atoms with Crippen LogP contribution in [0.3, 0.4) is 0 Å². The van der Waals surface area contributed by atoms with Gasteiger partial charge in [0.2, 0.25) is 0 Å². The van der Waals surface area contributed by atoms with Crippen LogP contribution in [0.1, 0.15) is 20.3 Å². The van der Waals surface area contributed by atoms with E-state index in [-0.39, 0.29) is 5.41 Å². The fraction of sp³-hybridized carbons (Fsp3) is 0.143.